The van der Waals surface area contributed by atoms with Crippen LogP contribution in [-0.2, 0) is 19.1 Å². The smallest absolute Gasteiger partial charge is 0.305 e. The molecule has 0 N–H and O–H groups in total. The molecule has 0 spiro atoms. The quantitative estimate of drug-likeness (QED) is 0.348. The van der Waals surface area contributed by atoms with Gasteiger partial charge in [-0.3, -0.25) is 9.59 Å². The molecular weight excluding hydrogens is 400 g/mol. The number of hydrogen-bond donors (Lipinski definition) is 0. The number of hydrogen-bond acceptors (Lipinski definition) is 4. The van der Waals surface area contributed by atoms with E-state index in [0.717, 1.165) is 37.5 Å². The van der Waals surface area contributed by atoms with E-state index in [9.17, 15) is 9.59 Å². The third-order valence-electron chi connectivity index (χ3n) is 10.2. The third kappa shape index (κ3) is 4.16. The van der Waals surface area contributed by atoms with Gasteiger partial charge in [0.05, 0.1) is 6.61 Å². The molecule has 0 amide bonds. The van der Waals surface area contributed by atoms with Crippen LogP contribution in [0, 0.1) is 40.4 Å². The minimum Gasteiger partial charge on any atom is -0.466 e. The van der Waals surface area contributed by atoms with E-state index in [0.29, 0.717) is 36.2 Å². The van der Waals surface area contributed by atoms with Gasteiger partial charge in [0, 0.05) is 13.3 Å². The van der Waals surface area contributed by atoms with Gasteiger partial charge in [0.2, 0.25) is 0 Å². The molecule has 4 aliphatic rings. The summed E-state index contributed by atoms with van der Waals surface area (Å²) < 4.78 is 10.8. The fourth-order valence-electron chi connectivity index (χ4n) is 8.58. The maximum Gasteiger partial charge on any atom is 0.305 e. The largest absolute Gasteiger partial charge is 0.466 e. The van der Waals surface area contributed by atoms with Gasteiger partial charge >= 0.3 is 11.9 Å². The first kappa shape index (κ1) is 23.8. The number of allylic oxidation sites excluding steroid dienone is 2. The molecule has 0 radical (unpaired) electrons. The molecule has 180 valence electrons. The minimum absolute atomic E-state index is 0.0412. The number of ether oxygens (including phenoxy) is 2. The molecule has 4 heteroatoms. The lowest BCUT2D eigenvalue weighted by atomic mass is 9.48. The normalized spacial score (nSPS) is 41.5. The van der Waals surface area contributed by atoms with E-state index in [1.54, 1.807) is 12.5 Å². The Kier molecular flexibility index (Phi) is 6.81. The molecule has 0 bridgehead atoms. The molecular formula is C28H44O4. The predicted octanol–water partition coefficient (Wildman–Crippen LogP) is 6.48. The van der Waals surface area contributed by atoms with Crippen LogP contribution in [0.15, 0.2) is 11.6 Å². The summed E-state index contributed by atoms with van der Waals surface area (Å²) in [7, 11) is 0. The highest BCUT2D eigenvalue weighted by molar-refractivity contribution is 5.69. The highest BCUT2D eigenvalue weighted by Crippen LogP contribution is 2.66. The summed E-state index contributed by atoms with van der Waals surface area (Å²) in [5.74, 6) is 3.24. The lowest BCUT2D eigenvalue weighted by Gasteiger charge is -2.57. The van der Waals surface area contributed by atoms with E-state index < -0.39 is 0 Å². The first-order valence-electron chi connectivity index (χ1n) is 13.2. The van der Waals surface area contributed by atoms with Crippen molar-refractivity contribution in [3.05, 3.63) is 11.6 Å². The van der Waals surface area contributed by atoms with Crippen molar-refractivity contribution in [2.45, 2.75) is 105 Å². The maximum absolute atomic E-state index is 11.9. The van der Waals surface area contributed by atoms with Crippen LogP contribution in [0.25, 0.3) is 0 Å². The van der Waals surface area contributed by atoms with Crippen molar-refractivity contribution in [2.24, 2.45) is 40.4 Å². The van der Waals surface area contributed by atoms with Gasteiger partial charge in [0.1, 0.15) is 6.10 Å². The average Bonchev–Trinajstić information content (AvgIpc) is 3.09. The Morgan fingerprint density at radius 1 is 1.16 bits per heavy atom. The van der Waals surface area contributed by atoms with Crippen LogP contribution in [0.5, 0.6) is 0 Å². The minimum atomic E-state index is -0.131. The van der Waals surface area contributed by atoms with Crippen LogP contribution in [0.2, 0.25) is 0 Å². The summed E-state index contributed by atoms with van der Waals surface area (Å²) >= 11 is 0. The summed E-state index contributed by atoms with van der Waals surface area (Å²) in [6, 6.07) is 0. The zero-order valence-electron chi connectivity index (χ0n) is 21.0. The van der Waals surface area contributed by atoms with E-state index in [4.69, 9.17) is 9.47 Å². The van der Waals surface area contributed by atoms with Crippen molar-refractivity contribution in [2.75, 3.05) is 6.61 Å². The summed E-state index contributed by atoms with van der Waals surface area (Å²) in [4.78, 5) is 23.4. The standard InChI is InChI=1S/C28H44O4/c1-6-31-26(30)12-7-18(2)23-10-11-24-22-9-8-20-17-21(32-19(3)29)13-15-27(20,4)25(22)14-16-28(23,24)5/h14,18,20-24H,6-13,15-17H2,1-5H3/t18-,20-,21-,22+,23?,24+,27+,28-/m1/s1. The monoisotopic (exact) mass is 444 g/mol. The fraction of sp³-hybridized carbons (Fsp3) is 0.857. The van der Waals surface area contributed by atoms with Crippen molar-refractivity contribution < 1.29 is 19.1 Å². The zero-order valence-corrected chi connectivity index (χ0v) is 21.0. The molecule has 1 unspecified atom stereocenters. The second-order valence-corrected chi connectivity index (χ2v) is 11.8. The molecule has 8 atom stereocenters. The Morgan fingerprint density at radius 2 is 1.94 bits per heavy atom. The van der Waals surface area contributed by atoms with E-state index >= 15 is 0 Å². The van der Waals surface area contributed by atoms with E-state index in [-0.39, 0.29) is 23.5 Å². The number of carbonyl (C=O) groups excluding carboxylic acids is 2. The SMILES string of the molecule is CCOC(=O)CC[C@@H](C)C1CC[C@H]2[C@@H]3CC[C@@H]4C[C@H](OC(C)=O)CC[C@]4(C)C3=CC[C@]12C. The molecule has 0 aliphatic heterocycles. The summed E-state index contributed by atoms with van der Waals surface area (Å²) in [5, 5.41) is 0. The Morgan fingerprint density at radius 3 is 2.66 bits per heavy atom. The number of carbonyl (C=O) groups is 2. The molecule has 3 fully saturated rings. The fourth-order valence-corrected chi connectivity index (χ4v) is 8.58. The van der Waals surface area contributed by atoms with Gasteiger partial charge in [0.25, 0.3) is 0 Å². The van der Waals surface area contributed by atoms with Crippen LogP contribution < -0.4 is 0 Å². The van der Waals surface area contributed by atoms with Gasteiger partial charge in [-0.15, -0.1) is 0 Å². The summed E-state index contributed by atoms with van der Waals surface area (Å²) in [6.07, 6.45) is 13.9. The Labute approximate surface area is 194 Å². The van der Waals surface area contributed by atoms with Gasteiger partial charge in [-0.2, -0.15) is 0 Å². The number of rotatable bonds is 6. The van der Waals surface area contributed by atoms with Crippen molar-refractivity contribution in [1.29, 1.82) is 0 Å². The molecule has 0 aromatic heterocycles. The van der Waals surface area contributed by atoms with Gasteiger partial charge < -0.3 is 9.47 Å². The van der Waals surface area contributed by atoms with Crippen molar-refractivity contribution in [1.82, 2.24) is 0 Å². The van der Waals surface area contributed by atoms with Crippen LogP contribution in [0.1, 0.15) is 98.8 Å². The molecule has 0 heterocycles. The van der Waals surface area contributed by atoms with Gasteiger partial charge in [-0.05, 0) is 105 Å². The van der Waals surface area contributed by atoms with Crippen LogP contribution in [0.4, 0.5) is 0 Å². The molecule has 4 rings (SSSR count). The molecule has 32 heavy (non-hydrogen) atoms. The molecule has 0 aromatic rings. The Hall–Kier alpha value is -1.32. The maximum atomic E-state index is 11.9. The van der Waals surface area contributed by atoms with Crippen molar-refractivity contribution in [3.8, 4) is 0 Å². The van der Waals surface area contributed by atoms with E-state index in [1.165, 1.54) is 32.1 Å². The topological polar surface area (TPSA) is 52.6 Å². The molecule has 4 nitrogen and oxygen atoms in total. The van der Waals surface area contributed by atoms with Crippen molar-refractivity contribution in [3.63, 3.8) is 0 Å². The Bertz CT molecular complexity index is 757. The predicted molar refractivity (Wildman–Crippen MR) is 126 cm³/mol. The average molecular weight is 445 g/mol. The molecule has 0 saturated heterocycles. The van der Waals surface area contributed by atoms with E-state index in [1.807, 2.05) is 6.92 Å². The van der Waals surface area contributed by atoms with Gasteiger partial charge in [0.15, 0.2) is 0 Å². The lowest BCUT2D eigenvalue weighted by molar-refractivity contribution is -0.151. The van der Waals surface area contributed by atoms with Gasteiger partial charge in [-0.25, -0.2) is 0 Å². The third-order valence-corrected chi connectivity index (χ3v) is 10.2. The first-order chi connectivity index (χ1) is 15.2. The van der Waals surface area contributed by atoms with Crippen molar-refractivity contribution >= 4 is 11.9 Å². The second-order valence-electron chi connectivity index (χ2n) is 11.8. The van der Waals surface area contributed by atoms with Crippen LogP contribution in [0.3, 0.4) is 0 Å². The summed E-state index contributed by atoms with van der Waals surface area (Å²) in [5.41, 5.74) is 2.40. The number of esters is 2. The van der Waals surface area contributed by atoms with Crippen LogP contribution in [-0.4, -0.2) is 24.6 Å². The molecule has 0 aromatic carbocycles. The summed E-state index contributed by atoms with van der Waals surface area (Å²) in [6.45, 7) is 11.3. The first-order valence-corrected chi connectivity index (χ1v) is 13.2. The second kappa shape index (κ2) is 9.14. The molecule has 4 aliphatic carbocycles. The molecule has 3 saturated carbocycles. The van der Waals surface area contributed by atoms with Gasteiger partial charge in [-0.1, -0.05) is 32.4 Å². The van der Waals surface area contributed by atoms with Crippen LogP contribution >= 0.6 is 0 Å². The number of fused-ring (bicyclic) bond motifs is 5. The van der Waals surface area contributed by atoms with E-state index in [2.05, 4.69) is 26.8 Å². The highest BCUT2D eigenvalue weighted by Gasteiger charge is 2.57. The lowest BCUT2D eigenvalue weighted by Crippen LogP contribution is -2.49. The highest BCUT2D eigenvalue weighted by atomic mass is 16.5. The zero-order chi connectivity index (χ0) is 23.1. The Balaban J connectivity index is 1.47.